The molecule has 0 saturated heterocycles. The van der Waals surface area contributed by atoms with Crippen LogP contribution in [0, 0.1) is 0 Å². The number of aromatic nitrogens is 2. The molecule has 3 rings (SSSR count). The van der Waals surface area contributed by atoms with Crippen molar-refractivity contribution in [3.05, 3.63) is 52.6 Å². The van der Waals surface area contributed by atoms with E-state index in [1.54, 1.807) is 17.5 Å². The largest absolute Gasteiger partial charge is 0.485 e. The summed E-state index contributed by atoms with van der Waals surface area (Å²) >= 11 is 1.66. The van der Waals surface area contributed by atoms with Crippen LogP contribution in [-0.4, -0.2) is 16.5 Å². The number of hydrogen-bond donors (Lipinski definition) is 1. The first-order valence-electron chi connectivity index (χ1n) is 6.97. The van der Waals surface area contributed by atoms with Crippen LogP contribution in [0.15, 0.2) is 41.9 Å². The molecule has 5 heteroatoms. The standard InChI is InChI=1S/C16H17N3OS/c1-2-17-9-15-19-13(11-21-15)10-20-14-7-3-5-12-6-4-8-18-16(12)14/h3-8,11,17H,2,9-10H2,1H3. The van der Waals surface area contributed by atoms with Crippen molar-refractivity contribution in [2.45, 2.75) is 20.1 Å². The quantitative estimate of drug-likeness (QED) is 0.758. The van der Waals surface area contributed by atoms with Gasteiger partial charge in [-0.05, 0) is 18.7 Å². The molecule has 2 heterocycles. The lowest BCUT2D eigenvalue weighted by molar-refractivity contribution is 0.305. The summed E-state index contributed by atoms with van der Waals surface area (Å²) in [5, 5.41) is 7.49. The number of ether oxygens (including phenoxy) is 1. The van der Waals surface area contributed by atoms with Crippen molar-refractivity contribution in [2.75, 3.05) is 6.54 Å². The average molecular weight is 299 g/mol. The number of rotatable bonds is 6. The molecule has 0 aliphatic heterocycles. The Labute approximate surface area is 127 Å². The summed E-state index contributed by atoms with van der Waals surface area (Å²) in [5.74, 6) is 0.800. The molecule has 0 aliphatic carbocycles. The normalized spacial score (nSPS) is 10.9. The van der Waals surface area contributed by atoms with Gasteiger partial charge in [0.05, 0.1) is 5.69 Å². The van der Waals surface area contributed by atoms with E-state index in [0.29, 0.717) is 6.61 Å². The second-order valence-electron chi connectivity index (χ2n) is 4.63. The van der Waals surface area contributed by atoms with Crippen molar-refractivity contribution in [3.8, 4) is 5.75 Å². The Kier molecular flexibility index (Phi) is 4.43. The van der Waals surface area contributed by atoms with Gasteiger partial charge in [-0.2, -0.15) is 0 Å². The summed E-state index contributed by atoms with van der Waals surface area (Å²) in [4.78, 5) is 8.94. The van der Waals surface area contributed by atoms with E-state index in [0.717, 1.165) is 40.4 Å². The highest BCUT2D eigenvalue weighted by atomic mass is 32.1. The number of thiazole rings is 1. The first-order valence-corrected chi connectivity index (χ1v) is 7.85. The molecule has 0 spiro atoms. The highest BCUT2D eigenvalue weighted by Crippen LogP contribution is 2.24. The smallest absolute Gasteiger partial charge is 0.146 e. The molecule has 0 saturated carbocycles. The van der Waals surface area contributed by atoms with Crippen LogP contribution in [0.4, 0.5) is 0 Å². The van der Waals surface area contributed by atoms with Gasteiger partial charge in [0.15, 0.2) is 0 Å². The summed E-state index contributed by atoms with van der Waals surface area (Å²) in [7, 11) is 0. The first kappa shape index (κ1) is 14.0. The third-order valence-corrected chi connectivity index (χ3v) is 3.99. The van der Waals surface area contributed by atoms with Crippen molar-refractivity contribution in [2.24, 2.45) is 0 Å². The third-order valence-electron chi connectivity index (χ3n) is 3.10. The minimum atomic E-state index is 0.471. The number of para-hydroxylation sites is 1. The molecule has 2 aromatic heterocycles. The Morgan fingerprint density at radius 2 is 2.14 bits per heavy atom. The number of nitrogens with one attached hydrogen (secondary N) is 1. The number of pyridine rings is 1. The predicted octanol–water partition coefficient (Wildman–Crippen LogP) is 3.38. The van der Waals surface area contributed by atoms with Gasteiger partial charge in [-0.1, -0.05) is 25.1 Å². The fraction of sp³-hybridized carbons (Fsp3) is 0.250. The second kappa shape index (κ2) is 6.65. The summed E-state index contributed by atoms with van der Waals surface area (Å²) in [6.07, 6.45) is 1.78. The maximum absolute atomic E-state index is 5.88. The molecule has 0 aliphatic rings. The van der Waals surface area contributed by atoms with E-state index in [4.69, 9.17) is 4.74 Å². The average Bonchev–Trinajstić information content (AvgIpc) is 2.99. The highest BCUT2D eigenvalue weighted by Gasteiger charge is 2.05. The van der Waals surface area contributed by atoms with Crippen molar-refractivity contribution in [1.29, 1.82) is 0 Å². The lowest BCUT2D eigenvalue weighted by Crippen LogP contribution is -2.11. The van der Waals surface area contributed by atoms with E-state index in [1.165, 1.54) is 0 Å². The molecule has 0 amide bonds. The fourth-order valence-corrected chi connectivity index (χ4v) is 2.82. The van der Waals surface area contributed by atoms with Crippen LogP contribution < -0.4 is 10.1 Å². The number of benzene rings is 1. The van der Waals surface area contributed by atoms with Crippen LogP contribution in [0.3, 0.4) is 0 Å². The third kappa shape index (κ3) is 3.37. The molecular formula is C16H17N3OS. The molecule has 3 aromatic rings. The maximum Gasteiger partial charge on any atom is 0.146 e. The summed E-state index contributed by atoms with van der Waals surface area (Å²) in [6, 6.07) is 9.93. The van der Waals surface area contributed by atoms with Gasteiger partial charge in [0, 0.05) is 23.5 Å². The van der Waals surface area contributed by atoms with Gasteiger partial charge in [-0.25, -0.2) is 4.98 Å². The monoisotopic (exact) mass is 299 g/mol. The lowest BCUT2D eigenvalue weighted by atomic mass is 10.2. The van der Waals surface area contributed by atoms with Crippen LogP contribution in [0.5, 0.6) is 5.75 Å². The molecule has 4 nitrogen and oxygen atoms in total. The van der Waals surface area contributed by atoms with Crippen LogP contribution in [0.1, 0.15) is 17.6 Å². The van der Waals surface area contributed by atoms with Crippen molar-refractivity contribution < 1.29 is 4.74 Å². The van der Waals surface area contributed by atoms with Gasteiger partial charge >= 0.3 is 0 Å². The molecule has 1 aromatic carbocycles. The number of hydrogen-bond acceptors (Lipinski definition) is 5. The molecule has 21 heavy (non-hydrogen) atoms. The minimum Gasteiger partial charge on any atom is -0.485 e. The number of fused-ring (bicyclic) bond motifs is 1. The molecular weight excluding hydrogens is 282 g/mol. The molecule has 0 atom stereocenters. The molecule has 0 bridgehead atoms. The first-order chi connectivity index (χ1) is 10.4. The Morgan fingerprint density at radius 1 is 1.24 bits per heavy atom. The Hall–Kier alpha value is -1.98. The summed E-state index contributed by atoms with van der Waals surface area (Å²) in [6.45, 7) is 4.33. The van der Waals surface area contributed by atoms with Gasteiger partial charge in [0.25, 0.3) is 0 Å². The van der Waals surface area contributed by atoms with E-state index >= 15 is 0 Å². The van der Waals surface area contributed by atoms with Gasteiger partial charge in [0.1, 0.15) is 22.9 Å². The summed E-state index contributed by atoms with van der Waals surface area (Å²) in [5.41, 5.74) is 1.85. The molecule has 1 N–H and O–H groups in total. The Bertz CT molecular complexity index is 721. The topological polar surface area (TPSA) is 47.0 Å². The van der Waals surface area contributed by atoms with Crippen LogP contribution >= 0.6 is 11.3 Å². The second-order valence-corrected chi connectivity index (χ2v) is 5.58. The van der Waals surface area contributed by atoms with Gasteiger partial charge < -0.3 is 10.1 Å². The van der Waals surface area contributed by atoms with E-state index in [1.807, 2.05) is 35.7 Å². The van der Waals surface area contributed by atoms with Gasteiger partial charge in [-0.15, -0.1) is 11.3 Å². The van der Waals surface area contributed by atoms with Crippen molar-refractivity contribution in [3.63, 3.8) is 0 Å². The molecule has 0 fully saturated rings. The minimum absolute atomic E-state index is 0.471. The molecule has 0 unspecified atom stereocenters. The van der Waals surface area contributed by atoms with Crippen LogP contribution in [-0.2, 0) is 13.2 Å². The zero-order chi connectivity index (χ0) is 14.5. The lowest BCUT2D eigenvalue weighted by Gasteiger charge is -2.07. The van der Waals surface area contributed by atoms with E-state index < -0.39 is 0 Å². The van der Waals surface area contributed by atoms with E-state index in [2.05, 4.69) is 22.2 Å². The fourth-order valence-electron chi connectivity index (χ4n) is 2.07. The SMILES string of the molecule is CCNCc1nc(COc2cccc3cccnc23)cs1. The van der Waals surface area contributed by atoms with Crippen molar-refractivity contribution in [1.82, 2.24) is 15.3 Å². The van der Waals surface area contributed by atoms with E-state index in [9.17, 15) is 0 Å². The predicted molar refractivity (Wildman–Crippen MR) is 85.6 cm³/mol. The number of nitrogens with zero attached hydrogens (tertiary/aromatic N) is 2. The Morgan fingerprint density at radius 3 is 3.05 bits per heavy atom. The zero-order valence-corrected chi connectivity index (χ0v) is 12.7. The zero-order valence-electron chi connectivity index (χ0n) is 11.9. The van der Waals surface area contributed by atoms with Gasteiger partial charge in [0.2, 0.25) is 0 Å². The Balaban J connectivity index is 1.70. The maximum atomic E-state index is 5.88. The summed E-state index contributed by atoms with van der Waals surface area (Å²) < 4.78 is 5.88. The van der Waals surface area contributed by atoms with Gasteiger partial charge in [-0.3, -0.25) is 4.98 Å². The molecule has 0 radical (unpaired) electrons. The van der Waals surface area contributed by atoms with E-state index in [-0.39, 0.29) is 0 Å². The highest BCUT2D eigenvalue weighted by molar-refractivity contribution is 7.09. The molecule has 108 valence electrons. The van der Waals surface area contributed by atoms with Crippen molar-refractivity contribution >= 4 is 22.2 Å². The van der Waals surface area contributed by atoms with Crippen LogP contribution in [0.2, 0.25) is 0 Å². The van der Waals surface area contributed by atoms with Crippen LogP contribution in [0.25, 0.3) is 10.9 Å².